The molecule has 0 fully saturated rings. The minimum absolute atomic E-state index is 0.00769. The van der Waals surface area contributed by atoms with Crippen LogP contribution in [0, 0.1) is 5.82 Å². The Balaban J connectivity index is 1.72. The van der Waals surface area contributed by atoms with Crippen molar-refractivity contribution in [2.24, 2.45) is 0 Å². The molecule has 32 heavy (non-hydrogen) atoms. The number of carboxylic acid groups (broad SMARTS) is 1. The Morgan fingerprint density at radius 3 is 2.69 bits per heavy atom. The average molecular weight is 453 g/mol. The number of halogens is 2. The zero-order valence-corrected chi connectivity index (χ0v) is 16.9. The molecule has 1 aliphatic heterocycles. The molecule has 3 aromatic carbocycles. The van der Waals surface area contributed by atoms with Gasteiger partial charge in [0.2, 0.25) is 5.95 Å². The minimum Gasteiger partial charge on any atom is -0.465 e. The third-order valence-electron chi connectivity index (χ3n) is 5.28. The quantitative estimate of drug-likeness (QED) is 0.369. The number of benzene rings is 3. The predicted molar refractivity (Wildman–Crippen MR) is 115 cm³/mol. The molecule has 0 saturated carbocycles. The maximum Gasteiger partial charge on any atom is 0.411 e. The van der Waals surface area contributed by atoms with E-state index in [1.807, 2.05) is 0 Å². The number of rotatable bonds is 3. The number of imidazole rings is 1. The Labute approximate surface area is 184 Å². The van der Waals surface area contributed by atoms with Gasteiger partial charge < -0.3 is 15.2 Å². The largest absolute Gasteiger partial charge is 0.465 e. The molecule has 4 N–H and O–H groups in total. The van der Waals surface area contributed by atoms with Crippen molar-refractivity contribution < 1.29 is 24.2 Å². The van der Waals surface area contributed by atoms with Crippen molar-refractivity contribution in [1.29, 1.82) is 0 Å². The summed E-state index contributed by atoms with van der Waals surface area (Å²) >= 11 is 6.02. The second-order valence-corrected chi connectivity index (χ2v) is 7.67. The van der Waals surface area contributed by atoms with Crippen LogP contribution in [0.2, 0.25) is 5.02 Å². The second-order valence-electron chi connectivity index (χ2n) is 7.23. The number of aromatic amines is 1. The van der Waals surface area contributed by atoms with Crippen molar-refractivity contribution in [1.82, 2.24) is 9.97 Å². The van der Waals surface area contributed by atoms with E-state index in [4.69, 9.17) is 16.7 Å². The van der Waals surface area contributed by atoms with Gasteiger partial charge in [-0.05, 0) is 36.4 Å². The molecule has 1 atom stereocenters. The smallest absolute Gasteiger partial charge is 0.411 e. The highest BCUT2D eigenvalue weighted by atomic mass is 35.5. The van der Waals surface area contributed by atoms with E-state index in [2.05, 4.69) is 15.3 Å². The van der Waals surface area contributed by atoms with E-state index in [1.54, 1.807) is 42.5 Å². The van der Waals surface area contributed by atoms with Crippen molar-refractivity contribution in [2.45, 2.75) is 5.72 Å². The number of anilines is 2. The van der Waals surface area contributed by atoms with Gasteiger partial charge in [-0.1, -0.05) is 35.9 Å². The minimum atomic E-state index is -1.98. The number of fused-ring (bicyclic) bond motifs is 2. The Morgan fingerprint density at radius 1 is 1.16 bits per heavy atom. The Morgan fingerprint density at radius 2 is 1.94 bits per heavy atom. The molecule has 0 saturated heterocycles. The van der Waals surface area contributed by atoms with Gasteiger partial charge >= 0.3 is 6.09 Å². The van der Waals surface area contributed by atoms with Crippen LogP contribution < -0.4 is 10.2 Å². The van der Waals surface area contributed by atoms with E-state index in [0.29, 0.717) is 16.6 Å². The summed E-state index contributed by atoms with van der Waals surface area (Å²) in [4.78, 5) is 32.2. The fraction of sp³-hybridized carbons (Fsp3) is 0.0455. The maximum absolute atomic E-state index is 14.1. The molecule has 0 spiro atoms. The zero-order valence-electron chi connectivity index (χ0n) is 16.1. The van der Waals surface area contributed by atoms with Crippen LogP contribution in [0.3, 0.4) is 0 Å². The third kappa shape index (κ3) is 2.98. The zero-order chi connectivity index (χ0) is 22.6. The molecule has 1 unspecified atom stereocenters. The molecule has 0 radical (unpaired) electrons. The van der Waals surface area contributed by atoms with Crippen LogP contribution in [0.1, 0.15) is 21.5 Å². The first-order valence-electron chi connectivity index (χ1n) is 9.40. The summed E-state index contributed by atoms with van der Waals surface area (Å²) in [6.45, 7) is 0. The third-order valence-corrected chi connectivity index (χ3v) is 5.49. The van der Waals surface area contributed by atoms with Gasteiger partial charge in [-0.15, -0.1) is 0 Å². The van der Waals surface area contributed by atoms with E-state index >= 15 is 0 Å². The summed E-state index contributed by atoms with van der Waals surface area (Å²) in [5, 5.41) is 23.1. The fourth-order valence-electron chi connectivity index (χ4n) is 4.01. The molecular weight excluding hydrogens is 439 g/mol. The second kappa shape index (κ2) is 7.04. The highest BCUT2D eigenvalue weighted by Crippen LogP contribution is 2.45. The predicted octanol–water partition coefficient (Wildman–Crippen LogP) is 4.30. The normalized spacial score (nSPS) is 17.6. The summed E-state index contributed by atoms with van der Waals surface area (Å²) in [6, 6.07) is 14.8. The molecule has 2 amide bonds. The van der Waals surface area contributed by atoms with Gasteiger partial charge in [-0.2, -0.15) is 0 Å². The number of hydrogen-bond acceptors (Lipinski definition) is 4. The lowest BCUT2D eigenvalue weighted by Gasteiger charge is -2.35. The summed E-state index contributed by atoms with van der Waals surface area (Å²) in [5.74, 6) is -1.18. The number of H-pyrrole nitrogens is 1. The average Bonchev–Trinajstić information content (AvgIpc) is 3.23. The highest BCUT2D eigenvalue weighted by Gasteiger charge is 2.50. The van der Waals surface area contributed by atoms with Crippen LogP contribution >= 0.6 is 11.6 Å². The van der Waals surface area contributed by atoms with Gasteiger partial charge in [0.15, 0.2) is 5.72 Å². The first-order valence-corrected chi connectivity index (χ1v) is 9.78. The topological polar surface area (TPSA) is 119 Å². The summed E-state index contributed by atoms with van der Waals surface area (Å²) in [6.07, 6.45) is -1.28. The van der Waals surface area contributed by atoms with Gasteiger partial charge in [0, 0.05) is 21.7 Å². The molecule has 2 heterocycles. The van der Waals surface area contributed by atoms with Crippen LogP contribution in [-0.2, 0) is 5.72 Å². The molecule has 8 nitrogen and oxygen atoms in total. The van der Waals surface area contributed by atoms with Crippen LogP contribution in [0.15, 0.2) is 60.7 Å². The Hall–Kier alpha value is -3.95. The first kappa shape index (κ1) is 20.0. The number of carbonyl (C=O) groups excluding carboxylic acids is 1. The molecule has 4 aromatic rings. The van der Waals surface area contributed by atoms with E-state index in [9.17, 15) is 19.1 Å². The Bertz CT molecular complexity index is 1400. The molecule has 1 aromatic heterocycles. The van der Waals surface area contributed by atoms with Crippen molar-refractivity contribution in [3.05, 3.63) is 88.2 Å². The van der Waals surface area contributed by atoms with Gasteiger partial charge in [0.1, 0.15) is 5.82 Å². The molecule has 160 valence electrons. The number of amides is 2. The Kier molecular flexibility index (Phi) is 4.40. The lowest BCUT2D eigenvalue weighted by Crippen LogP contribution is -2.45. The highest BCUT2D eigenvalue weighted by molar-refractivity contribution is 6.31. The maximum atomic E-state index is 14.1. The molecule has 10 heteroatoms. The van der Waals surface area contributed by atoms with Crippen molar-refractivity contribution in [3.63, 3.8) is 0 Å². The van der Waals surface area contributed by atoms with Gasteiger partial charge in [-0.3, -0.25) is 15.0 Å². The standard InChI is InChI=1S/C22H14ClFN4O4/c23-12-8-13(24)10-14(9-12)28-19(29)15-3-1-2-4-16(15)22(28,32)11-5-6-17-18(7-11)26-20(25-17)27-21(30)31/h1-10,32H,(H,30,31)(H2,25,26,27). The number of aliphatic hydroxyl groups is 1. The van der Waals surface area contributed by atoms with Crippen LogP contribution in [-0.4, -0.2) is 32.2 Å². The van der Waals surface area contributed by atoms with E-state index in [-0.39, 0.29) is 27.8 Å². The molecular formula is C22H14ClFN4O4. The van der Waals surface area contributed by atoms with E-state index in [1.165, 1.54) is 6.07 Å². The van der Waals surface area contributed by atoms with Crippen molar-refractivity contribution >= 4 is 46.3 Å². The summed E-state index contributed by atoms with van der Waals surface area (Å²) < 4.78 is 14.1. The lowest BCUT2D eigenvalue weighted by molar-refractivity contribution is 0.0704. The number of aromatic nitrogens is 2. The molecule has 5 rings (SSSR count). The summed E-state index contributed by atoms with van der Waals surface area (Å²) in [7, 11) is 0. The molecule has 0 bridgehead atoms. The molecule has 1 aliphatic rings. The van der Waals surface area contributed by atoms with E-state index < -0.39 is 23.5 Å². The molecule has 0 aliphatic carbocycles. The number of nitrogens with one attached hydrogen (secondary N) is 2. The van der Waals surface area contributed by atoms with Crippen LogP contribution in [0.25, 0.3) is 11.0 Å². The van der Waals surface area contributed by atoms with Gasteiger partial charge in [-0.25, -0.2) is 14.2 Å². The summed E-state index contributed by atoms with van der Waals surface area (Å²) in [5.41, 5.74) is -0.176. The number of carbonyl (C=O) groups is 2. The van der Waals surface area contributed by atoms with Gasteiger partial charge in [0.05, 0.1) is 16.7 Å². The first-order chi connectivity index (χ1) is 15.3. The van der Waals surface area contributed by atoms with Crippen LogP contribution in [0.5, 0.6) is 0 Å². The number of nitrogens with zero attached hydrogens (tertiary/aromatic N) is 2. The monoisotopic (exact) mass is 452 g/mol. The van der Waals surface area contributed by atoms with E-state index in [0.717, 1.165) is 17.0 Å². The van der Waals surface area contributed by atoms with Crippen LogP contribution in [0.4, 0.5) is 20.8 Å². The van der Waals surface area contributed by atoms with Crippen molar-refractivity contribution in [3.8, 4) is 0 Å². The SMILES string of the molecule is O=C(O)Nc1nc2ccc(C3(O)c4ccccc4C(=O)N3c3cc(F)cc(Cl)c3)cc2[nH]1. The lowest BCUT2D eigenvalue weighted by atomic mass is 9.93. The fourth-order valence-corrected chi connectivity index (χ4v) is 4.22. The van der Waals surface area contributed by atoms with Crippen molar-refractivity contribution in [2.75, 3.05) is 10.2 Å². The van der Waals surface area contributed by atoms with Gasteiger partial charge in [0.25, 0.3) is 5.91 Å². The number of hydrogen-bond donors (Lipinski definition) is 4.